The summed E-state index contributed by atoms with van der Waals surface area (Å²) in [5.41, 5.74) is 5.80. The van der Waals surface area contributed by atoms with Gasteiger partial charge >= 0.3 is 0 Å². The van der Waals surface area contributed by atoms with Crippen LogP contribution in [0.5, 0.6) is 0 Å². The third-order valence-corrected chi connectivity index (χ3v) is 3.51. The molecule has 0 heteroatoms. The molecule has 0 heterocycles. The summed E-state index contributed by atoms with van der Waals surface area (Å²) in [5.74, 6) is 0.612. The van der Waals surface area contributed by atoms with Crippen LogP contribution in [-0.2, 0) is 0 Å². The molecule has 0 saturated heterocycles. The van der Waals surface area contributed by atoms with Crippen molar-refractivity contribution in [1.82, 2.24) is 0 Å². The molecule has 0 aromatic carbocycles. The van der Waals surface area contributed by atoms with Crippen LogP contribution < -0.4 is 0 Å². The van der Waals surface area contributed by atoms with Crippen LogP contribution in [-0.4, -0.2) is 0 Å². The van der Waals surface area contributed by atoms with E-state index >= 15 is 0 Å². The van der Waals surface area contributed by atoms with E-state index in [-0.39, 0.29) is 0 Å². The molecule has 0 fully saturated rings. The first-order valence-corrected chi connectivity index (χ1v) is 6.24. The third-order valence-electron chi connectivity index (χ3n) is 3.51. The molecule has 0 saturated carbocycles. The lowest BCUT2D eigenvalue weighted by atomic mass is 9.89. The Morgan fingerprint density at radius 2 is 2.00 bits per heavy atom. The molecule has 0 aliphatic heterocycles. The quantitative estimate of drug-likeness (QED) is 0.566. The Morgan fingerprint density at radius 1 is 1.38 bits per heavy atom. The summed E-state index contributed by atoms with van der Waals surface area (Å²) in [5, 5.41) is 0. The van der Waals surface area contributed by atoms with E-state index in [0.29, 0.717) is 5.92 Å². The van der Waals surface area contributed by atoms with Crippen molar-refractivity contribution in [3.63, 3.8) is 0 Å². The van der Waals surface area contributed by atoms with E-state index in [0.717, 1.165) is 6.42 Å². The summed E-state index contributed by atoms with van der Waals surface area (Å²) in [6, 6.07) is 0. The maximum Gasteiger partial charge on any atom is -0.00271 e. The minimum absolute atomic E-state index is 0.612. The molecule has 0 spiro atoms. The van der Waals surface area contributed by atoms with Gasteiger partial charge in [-0.25, -0.2) is 0 Å². The van der Waals surface area contributed by atoms with Gasteiger partial charge in [0.15, 0.2) is 0 Å². The van der Waals surface area contributed by atoms with Gasteiger partial charge < -0.3 is 0 Å². The van der Waals surface area contributed by atoms with Gasteiger partial charge in [-0.1, -0.05) is 49.8 Å². The monoisotopic (exact) mass is 216 g/mol. The van der Waals surface area contributed by atoms with Crippen molar-refractivity contribution >= 4 is 0 Å². The maximum absolute atomic E-state index is 3.95. The second-order valence-electron chi connectivity index (χ2n) is 4.94. The van der Waals surface area contributed by atoms with Crippen molar-refractivity contribution in [3.05, 3.63) is 47.1 Å². The van der Waals surface area contributed by atoms with E-state index < -0.39 is 0 Å². The van der Waals surface area contributed by atoms with Crippen molar-refractivity contribution in [1.29, 1.82) is 0 Å². The molecule has 1 aliphatic rings. The Hall–Kier alpha value is -1.04. The van der Waals surface area contributed by atoms with Crippen LogP contribution in [0.3, 0.4) is 0 Å². The first kappa shape index (κ1) is 13.0. The fraction of sp³-hybridized carbons (Fsp3) is 0.500. The molecular formula is C16H24. The molecule has 0 aromatic rings. The number of allylic oxidation sites excluding steroid dienone is 7. The van der Waals surface area contributed by atoms with E-state index in [2.05, 4.69) is 46.4 Å². The number of hydrogen-bond acceptors (Lipinski definition) is 0. The molecule has 0 bridgehead atoms. The zero-order chi connectivity index (χ0) is 12.1. The molecule has 0 nitrogen and oxygen atoms in total. The van der Waals surface area contributed by atoms with E-state index in [1.807, 2.05) is 6.08 Å². The van der Waals surface area contributed by atoms with Gasteiger partial charge in [-0.2, -0.15) is 0 Å². The molecule has 0 atom stereocenters. The largest absolute Gasteiger partial charge is 0.0988 e. The zero-order valence-electron chi connectivity index (χ0n) is 11.1. The lowest BCUT2D eigenvalue weighted by molar-refractivity contribution is 0.755. The highest BCUT2D eigenvalue weighted by molar-refractivity contribution is 5.39. The average molecular weight is 216 g/mol. The van der Waals surface area contributed by atoms with Gasteiger partial charge in [-0.05, 0) is 50.2 Å². The summed E-state index contributed by atoms with van der Waals surface area (Å²) < 4.78 is 0. The fourth-order valence-electron chi connectivity index (χ4n) is 2.01. The zero-order valence-corrected chi connectivity index (χ0v) is 11.1. The summed E-state index contributed by atoms with van der Waals surface area (Å²) in [4.78, 5) is 0. The molecule has 16 heavy (non-hydrogen) atoms. The average Bonchev–Trinajstić information content (AvgIpc) is 2.27. The van der Waals surface area contributed by atoms with E-state index in [4.69, 9.17) is 0 Å². The standard InChI is InChI=1S/C16H24/c1-6-15(14(5)12(2)3)11-16-10-8-7-9-13(16)4/h6,9-10,12H,1,7-8,11H2,2-5H3/b15-14+. The van der Waals surface area contributed by atoms with Crippen molar-refractivity contribution in [2.24, 2.45) is 5.92 Å². The van der Waals surface area contributed by atoms with Crippen molar-refractivity contribution < 1.29 is 0 Å². The van der Waals surface area contributed by atoms with E-state index in [1.165, 1.54) is 35.1 Å². The topological polar surface area (TPSA) is 0 Å². The Labute approximate surface area is 100 Å². The molecule has 1 rings (SSSR count). The molecule has 88 valence electrons. The Morgan fingerprint density at radius 3 is 2.50 bits per heavy atom. The normalized spacial score (nSPS) is 17.8. The van der Waals surface area contributed by atoms with Gasteiger partial charge in [0.1, 0.15) is 0 Å². The summed E-state index contributed by atoms with van der Waals surface area (Å²) in [7, 11) is 0. The highest BCUT2D eigenvalue weighted by atomic mass is 14.1. The SMILES string of the molecule is C=C/C(CC1=CCCC=C1C)=C(/C)C(C)C. The third kappa shape index (κ3) is 3.23. The van der Waals surface area contributed by atoms with Gasteiger partial charge in [-0.3, -0.25) is 0 Å². The van der Waals surface area contributed by atoms with Gasteiger partial charge in [0.25, 0.3) is 0 Å². The number of hydrogen-bond donors (Lipinski definition) is 0. The minimum atomic E-state index is 0.612. The van der Waals surface area contributed by atoms with Crippen LogP contribution in [0.2, 0.25) is 0 Å². The first-order valence-electron chi connectivity index (χ1n) is 6.24. The summed E-state index contributed by atoms with van der Waals surface area (Å²) in [6.07, 6.45) is 10.2. The predicted molar refractivity (Wildman–Crippen MR) is 73.4 cm³/mol. The van der Waals surface area contributed by atoms with Gasteiger partial charge in [0.2, 0.25) is 0 Å². The van der Waals surface area contributed by atoms with Crippen LogP contribution in [0.15, 0.2) is 47.1 Å². The van der Waals surface area contributed by atoms with Gasteiger partial charge in [0.05, 0.1) is 0 Å². The highest BCUT2D eigenvalue weighted by Gasteiger charge is 2.09. The predicted octanol–water partition coefficient (Wildman–Crippen LogP) is 5.20. The van der Waals surface area contributed by atoms with Crippen LogP contribution in [0.4, 0.5) is 0 Å². The smallest absolute Gasteiger partial charge is 0.00271 e. The Kier molecular flexibility index (Phi) is 4.79. The number of rotatable bonds is 4. The second-order valence-corrected chi connectivity index (χ2v) is 4.94. The minimum Gasteiger partial charge on any atom is -0.0988 e. The second kappa shape index (κ2) is 5.89. The maximum atomic E-state index is 3.95. The molecule has 0 radical (unpaired) electrons. The van der Waals surface area contributed by atoms with Crippen LogP contribution in [0.25, 0.3) is 0 Å². The lowest BCUT2D eigenvalue weighted by Crippen LogP contribution is -1.98. The first-order chi connectivity index (χ1) is 7.56. The van der Waals surface area contributed by atoms with E-state index in [9.17, 15) is 0 Å². The van der Waals surface area contributed by atoms with Crippen molar-refractivity contribution in [3.8, 4) is 0 Å². The van der Waals surface area contributed by atoms with E-state index in [1.54, 1.807) is 0 Å². The summed E-state index contributed by atoms with van der Waals surface area (Å²) in [6.45, 7) is 12.9. The van der Waals surface area contributed by atoms with Crippen molar-refractivity contribution in [2.75, 3.05) is 0 Å². The molecule has 0 aromatic heterocycles. The molecule has 1 aliphatic carbocycles. The Balaban J connectivity index is 2.86. The van der Waals surface area contributed by atoms with Crippen molar-refractivity contribution in [2.45, 2.75) is 47.0 Å². The fourth-order valence-corrected chi connectivity index (χ4v) is 2.01. The van der Waals surface area contributed by atoms with Gasteiger partial charge in [0, 0.05) is 0 Å². The molecular weight excluding hydrogens is 192 g/mol. The molecule has 0 N–H and O–H groups in total. The molecule has 0 amide bonds. The van der Waals surface area contributed by atoms with Crippen LogP contribution in [0.1, 0.15) is 47.0 Å². The van der Waals surface area contributed by atoms with Crippen LogP contribution in [0, 0.1) is 5.92 Å². The Bertz CT molecular complexity index is 348. The summed E-state index contributed by atoms with van der Waals surface area (Å²) >= 11 is 0. The van der Waals surface area contributed by atoms with Gasteiger partial charge in [-0.15, -0.1) is 0 Å². The van der Waals surface area contributed by atoms with Crippen LogP contribution >= 0.6 is 0 Å². The highest BCUT2D eigenvalue weighted by Crippen LogP contribution is 2.27. The lowest BCUT2D eigenvalue weighted by Gasteiger charge is -2.17. The molecule has 0 unspecified atom stereocenters.